The maximum atomic E-state index is 12.7. The van der Waals surface area contributed by atoms with Gasteiger partial charge in [-0.2, -0.15) is 0 Å². The zero-order valence-electron chi connectivity index (χ0n) is 16.3. The number of anilines is 2. The third kappa shape index (κ3) is 5.65. The number of rotatable bonds is 8. The first-order valence-corrected chi connectivity index (χ1v) is 9.34. The monoisotopic (exact) mass is 392 g/mol. The van der Waals surface area contributed by atoms with E-state index in [0.29, 0.717) is 24.6 Å². The molecule has 0 spiro atoms. The number of hydrogen-bond acceptors (Lipinski definition) is 6. The second-order valence-electron chi connectivity index (χ2n) is 6.67. The number of hydrogen-bond donors (Lipinski definition) is 3. The van der Waals surface area contributed by atoms with Crippen molar-refractivity contribution in [2.24, 2.45) is 0 Å². The Morgan fingerprint density at radius 1 is 1.14 bits per heavy atom. The molecule has 0 aliphatic rings. The van der Waals surface area contributed by atoms with Crippen LogP contribution in [0, 0.1) is 6.92 Å². The Hall–Kier alpha value is -3.68. The fourth-order valence-corrected chi connectivity index (χ4v) is 2.86. The molecule has 8 nitrogen and oxygen atoms in total. The first kappa shape index (κ1) is 20.1. The van der Waals surface area contributed by atoms with Crippen LogP contribution in [0.1, 0.15) is 16.8 Å². The summed E-state index contributed by atoms with van der Waals surface area (Å²) in [7, 11) is 0. The van der Waals surface area contributed by atoms with Gasteiger partial charge in [0, 0.05) is 31.2 Å². The highest BCUT2D eigenvalue weighted by molar-refractivity contribution is 5.75. The van der Waals surface area contributed by atoms with E-state index in [-0.39, 0.29) is 23.8 Å². The minimum Gasteiger partial charge on any atom is -0.384 e. The van der Waals surface area contributed by atoms with Crippen molar-refractivity contribution in [1.29, 1.82) is 0 Å². The van der Waals surface area contributed by atoms with Gasteiger partial charge in [-0.25, -0.2) is 9.97 Å². The first-order valence-electron chi connectivity index (χ1n) is 9.34. The lowest BCUT2D eigenvalue weighted by Gasteiger charge is -2.13. The van der Waals surface area contributed by atoms with E-state index < -0.39 is 0 Å². The Bertz CT molecular complexity index is 1030. The fraction of sp³-hybridized carbons (Fsp3) is 0.238. The Labute approximate surface area is 168 Å². The average Bonchev–Trinajstić information content (AvgIpc) is 2.72. The molecule has 2 heterocycles. The van der Waals surface area contributed by atoms with Crippen LogP contribution in [0.25, 0.3) is 0 Å². The molecule has 0 saturated carbocycles. The lowest BCUT2D eigenvalue weighted by atomic mass is 10.1. The van der Waals surface area contributed by atoms with Crippen molar-refractivity contribution in [3.05, 3.63) is 82.0 Å². The van der Waals surface area contributed by atoms with Crippen LogP contribution < -0.4 is 21.9 Å². The quantitative estimate of drug-likeness (QED) is 0.535. The topological polar surface area (TPSA) is 115 Å². The third-order valence-corrected chi connectivity index (χ3v) is 4.44. The highest BCUT2D eigenvalue weighted by atomic mass is 16.2. The standard InChI is InChI=1S/C21H24N6O2/c1-15-12-26-20(24-10-7-16-5-3-2-4-6-16)21(29)27(15)14-19(28)25-13-17-8-9-23-18(22)11-17/h2-6,8-9,11-12H,7,10,13-14H2,1H3,(H2,22,23)(H,24,26)(H,25,28). The van der Waals surface area contributed by atoms with Crippen molar-refractivity contribution in [2.45, 2.75) is 26.4 Å². The van der Waals surface area contributed by atoms with Crippen LogP contribution in [0.5, 0.6) is 0 Å². The Morgan fingerprint density at radius 3 is 2.69 bits per heavy atom. The van der Waals surface area contributed by atoms with Gasteiger partial charge in [-0.05, 0) is 36.6 Å². The van der Waals surface area contributed by atoms with Crippen molar-refractivity contribution in [3.63, 3.8) is 0 Å². The molecule has 0 unspecified atom stereocenters. The Balaban J connectivity index is 1.60. The number of aryl methyl sites for hydroxylation is 1. The normalized spacial score (nSPS) is 10.5. The van der Waals surface area contributed by atoms with Crippen LogP contribution in [0.3, 0.4) is 0 Å². The van der Waals surface area contributed by atoms with Gasteiger partial charge in [-0.1, -0.05) is 30.3 Å². The van der Waals surface area contributed by atoms with Crippen LogP contribution in [0.15, 0.2) is 59.7 Å². The van der Waals surface area contributed by atoms with E-state index in [1.54, 1.807) is 31.5 Å². The van der Waals surface area contributed by atoms with Crippen LogP contribution in [0.2, 0.25) is 0 Å². The van der Waals surface area contributed by atoms with E-state index in [1.165, 1.54) is 10.1 Å². The molecule has 0 aliphatic heterocycles. The summed E-state index contributed by atoms with van der Waals surface area (Å²) in [6.07, 6.45) is 3.94. The summed E-state index contributed by atoms with van der Waals surface area (Å²) in [4.78, 5) is 33.1. The largest absolute Gasteiger partial charge is 0.384 e. The molecular formula is C21H24N6O2. The summed E-state index contributed by atoms with van der Waals surface area (Å²) in [6, 6.07) is 13.4. The molecule has 4 N–H and O–H groups in total. The van der Waals surface area contributed by atoms with Crippen molar-refractivity contribution < 1.29 is 4.79 Å². The van der Waals surface area contributed by atoms with Gasteiger partial charge in [0.05, 0.1) is 0 Å². The molecule has 0 fully saturated rings. The first-order chi connectivity index (χ1) is 14.0. The zero-order valence-corrected chi connectivity index (χ0v) is 16.3. The highest BCUT2D eigenvalue weighted by Gasteiger charge is 2.11. The molecule has 1 aromatic carbocycles. The number of aromatic nitrogens is 3. The van der Waals surface area contributed by atoms with E-state index >= 15 is 0 Å². The molecule has 3 rings (SSSR count). The lowest BCUT2D eigenvalue weighted by molar-refractivity contribution is -0.121. The summed E-state index contributed by atoms with van der Waals surface area (Å²) < 4.78 is 1.41. The highest BCUT2D eigenvalue weighted by Crippen LogP contribution is 2.04. The molecule has 29 heavy (non-hydrogen) atoms. The minimum atomic E-state index is -0.318. The van der Waals surface area contributed by atoms with Crippen molar-refractivity contribution >= 4 is 17.5 Å². The summed E-state index contributed by atoms with van der Waals surface area (Å²) in [5, 5.41) is 5.86. The maximum Gasteiger partial charge on any atom is 0.293 e. The molecule has 1 amide bonds. The van der Waals surface area contributed by atoms with E-state index in [9.17, 15) is 9.59 Å². The Morgan fingerprint density at radius 2 is 1.93 bits per heavy atom. The van der Waals surface area contributed by atoms with Crippen molar-refractivity contribution in [3.8, 4) is 0 Å². The smallest absolute Gasteiger partial charge is 0.293 e. The molecule has 0 radical (unpaired) electrons. The third-order valence-electron chi connectivity index (χ3n) is 4.44. The van der Waals surface area contributed by atoms with Gasteiger partial charge >= 0.3 is 0 Å². The van der Waals surface area contributed by atoms with Gasteiger partial charge in [0.25, 0.3) is 5.56 Å². The van der Waals surface area contributed by atoms with Gasteiger partial charge < -0.3 is 16.4 Å². The average molecular weight is 392 g/mol. The number of nitrogen functional groups attached to an aromatic ring is 1. The van der Waals surface area contributed by atoms with E-state index in [0.717, 1.165) is 12.0 Å². The lowest BCUT2D eigenvalue weighted by Crippen LogP contribution is -2.34. The molecule has 0 atom stereocenters. The summed E-state index contributed by atoms with van der Waals surface area (Å²) in [5.41, 5.74) is 7.95. The van der Waals surface area contributed by atoms with Gasteiger partial charge in [-0.3, -0.25) is 14.2 Å². The number of amides is 1. The van der Waals surface area contributed by atoms with Gasteiger partial charge in [0.15, 0.2) is 5.82 Å². The molecule has 150 valence electrons. The van der Waals surface area contributed by atoms with E-state index in [4.69, 9.17) is 5.73 Å². The van der Waals surface area contributed by atoms with E-state index in [1.807, 2.05) is 30.3 Å². The van der Waals surface area contributed by atoms with Crippen LogP contribution in [-0.4, -0.2) is 27.0 Å². The predicted molar refractivity (Wildman–Crippen MR) is 112 cm³/mol. The van der Waals surface area contributed by atoms with Crippen molar-refractivity contribution in [2.75, 3.05) is 17.6 Å². The molecular weight excluding hydrogens is 368 g/mol. The number of benzene rings is 1. The summed E-state index contributed by atoms with van der Waals surface area (Å²) in [5.74, 6) is 0.359. The van der Waals surface area contributed by atoms with Gasteiger partial charge in [0.1, 0.15) is 12.4 Å². The maximum absolute atomic E-state index is 12.7. The fourth-order valence-electron chi connectivity index (χ4n) is 2.86. The number of nitrogens with one attached hydrogen (secondary N) is 2. The second-order valence-corrected chi connectivity index (χ2v) is 6.67. The predicted octanol–water partition coefficient (Wildman–Crippen LogP) is 1.50. The summed E-state index contributed by atoms with van der Waals surface area (Å²) in [6.45, 7) is 2.55. The van der Waals surface area contributed by atoms with Gasteiger partial charge in [0.2, 0.25) is 5.91 Å². The SMILES string of the molecule is Cc1cnc(NCCc2ccccc2)c(=O)n1CC(=O)NCc1ccnc(N)c1. The van der Waals surface area contributed by atoms with Crippen LogP contribution in [0.4, 0.5) is 11.6 Å². The van der Waals surface area contributed by atoms with Crippen LogP contribution in [-0.2, 0) is 24.3 Å². The van der Waals surface area contributed by atoms with Crippen LogP contribution >= 0.6 is 0 Å². The van der Waals surface area contributed by atoms with E-state index in [2.05, 4.69) is 20.6 Å². The molecule has 0 bridgehead atoms. The molecule has 3 aromatic rings. The molecule has 2 aromatic heterocycles. The number of carbonyl (C=O) groups excluding carboxylic acids is 1. The summed E-state index contributed by atoms with van der Waals surface area (Å²) >= 11 is 0. The number of carbonyl (C=O) groups is 1. The van der Waals surface area contributed by atoms with Crippen molar-refractivity contribution in [1.82, 2.24) is 19.9 Å². The zero-order chi connectivity index (χ0) is 20.6. The second kappa shape index (κ2) is 9.50. The molecule has 0 saturated heterocycles. The number of nitrogens with zero attached hydrogens (tertiary/aromatic N) is 3. The minimum absolute atomic E-state index is 0.0822. The molecule has 8 heteroatoms. The number of nitrogens with two attached hydrogens (primary N) is 1. The van der Waals surface area contributed by atoms with Gasteiger partial charge in [-0.15, -0.1) is 0 Å². The Kier molecular flexibility index (Phi) is 6.57. The molecule has 0 aliphatic carbocycles. The number of pyridine rings is 1.